The minimum Gasteiger partial charge on any atom is -0.370 e. The fraction of sp³-hybridized carbons (Fsp3) is 0.167. The smallest absolute Gasteiger partial charge is 0.107 e. The predicted octanol–water partition coefficient (Wildman–Crippen LogP) is 0.736. The first kappa shape index (κ1) is 9.51. The van der Waals surface area contributed by atoms with Gasteiger partial charge in [-0.25, -0.2) is 0 Å². The molecular weight excluding hydrogens is 352 g/mol. The summed E-state index contributed by atoms with van der Waals surface area (Å²) in [6.45, 7) is 0. The van der Waals surface area contributed by atoms with Gasteiger partial charge in [0.15, 0.2) is 0 Å². The van der Waals surface area contributed by atoms with Crippen LogP contribution in [0.25, 0.3) is 11.4 Å². The molecule has 65 valence electrons. The number of hydrogen-bond donors (Lipinski definition) is 0. The van der Waals surface area contributed by atoms with E-state index >= 15 is 0 Å². The van der Waals surface area contributed by atoms with E-state index < -0.39 is 0 Å². The van der Waals surface area contributed by atoms with Crippen molar-refractivity contribution in [2.45, 2.75) is 0 Å². The average molecular weight is 357 g/mol. The van der Waals surface area contributed by atoms with Crippen LogP contribution in [0.1, 0.15) is 0 Å². The van der Waals surface area contributed by atoms with Crippen LogP contribution in [0.15, 0.2) is 11.7 Å². The van der Waals surface area contributed by atoms with E-state index in [9.17, 15) is 0 Å². The standard InChI is InChI=1S/C6H5N4S.Ir/c1-10-4-7-9-6(10)5-2-8-11-3-5;/h3-4H,1H3;/q-1;. The van der Waals surface area contributed by atoms with Gasteiger partial charge in [-0.05, 0) is 0 Å². The van der Waals surface area contributed by atoms with Crippen LogP contribution in [0.3, 0.4) is 0 Å². The normalized spacial score (nSPS) is 9.42. The fourth-order valence-electron chi connectivity index (χ4n) is 0.811. The molecule has 0 saturated heterocycles. The molecule has 0 atom stereocenters. The van der Waals surface area contributed by atoms with Gasteiger partial charge in [-0.15, -0.1) is 17.1 Å². The van der Waals surface area contributed by atoms with E-state index in [1.165, 1.54) is 11.5 Å². The van der Waals surface area contributed by atoms with Crippen molar-refractivity contribution in [3.05, 3.63) is 17.9 Å². The van der Waals surface area contributed by atoms with Crippen molar-refractivity contribution < 1.29 is 20.1 Å². The van der Waals surface area contributed by atoms with Crippen molar-refractivity contribution in [1.29, 1.82) is 0 Å². The Bertz CT molecular complexity index is 342. The van der Waals surface area contributed by atoms with E-state index in [0.29, 0.717) is 0 Å². The molecule has 2 heterocycles. The minimum atomic E-state index is 0. The summed E-state index contributed by atoms with van der Waals surface area (Å²) in [4.78, 5) is 0. The molecule has 0 aromatic carbocycles. The summed E-state index contributed by atoms with van der Waals surface area (Å²) in [5.41, 5.74) is 0.898. The molecule has 0 amide bonds. The zero-order chi connectivity index (χ0) is 7.68. The van der Waals surface area contributed by atoms with Crippen molar-refractivity contribution in [3.63, 3.8) is 0 Å². The van der Waals surface area contributed by atoms with Crippen LogP contribution in [0.4, 0.5) is 0 Å². The third kappa shape index (κ3) is 1.60. The summed E-state index contributed by atoms with van der Waals surface area (Å²) in [7, 11) is 1.89. The monoisotopic (exact) mass is 358 g/mol. The van der Waals surface area contributed by atoms with E-state index in [2.05, 4.69) is 20.8 Å². The van der Waals surface area contributed by atoms with Crippen LogP contribution in [0.5, 0.6) is 0 Å². The van der Waals surface area contributed by atoms with Gasteiger partial charge in [-0.2, -0.15) is 10.2 Å². The van der Waals surface area contributed by atoms with Gasteiger partial charge in [-0.1, -0.05) is 11.6 Å². The molecule has 0 aliphatic rings. The summed E-state index contributed by atoms with van der Waals surface area (Å²) in [6.07, 6.45) is 4.48. The van der Waals surface area contributed by atoms with E-state index in [1.54, 1.807) is 6.33 Å². The van der Waals surface area contributed by atoms with E-state index in [4.69, 9.17) is 0 Å². The molecule has 0 fully saturated rings. The molecule has 0 unspecified atom stereocenters. The van der Waals surface area contributed by atoms with Gasteiger partial charge >= 0.3 is 0 Å². The molecule has 0 N–H and O–H groups in total. The van der Waals surface area contributed by atoms with Crippen molar-refractivity contribution in [2.24, 2.45) is 7.05 Å². The molecule has 0 aliphatic heterocycles. The fourth-order valence-corrected chi connectivity index (χ4v) is 1.28. The average Bonchev–Trinajstić information content (AvgIpc) is 2.55. The van der Waals surface area contributed by atoms with Gasteiger partial charge in [0.2, 0.25) is 0 Å². The molecule has 0 aliphatic carbocycles. The van der Waals surface area contributed by atoms with Gasteiger partial charge in [0.05, 0.1) is 5.82 Å². The number of nitrogens with zero attached hydrogens (tertiary/aromatic N) is 4. The maximum absolute atomic E-state index is 3.91. The molecule has 0 bridgehead atoms. The molecule has 6 heteroatoms. The number of rotatable bonds is 1. The first-order valence-corrected chi connectivity index (χ1v) is 3.88. The van der Waals surface area contributed by atoms with Gasteiger partial charge in [-0.3, -0.25) is 4.37 Å². The van der Waals surface area contributed by atoms with Gasteiger partial charge in [0.1, 0.15) is 6.33 Å². The molecule has 1 radical (unpaired) electrons. The first-order chi connectivity index (χ1) is 5.38. The molecule has 0 spiro atoms. The third-order valence-corrected chi connectivity index (χ3v) is 1.88. The Hall–Kier alpha value is -0.581. The van der Waals surface area contributed by atoms with Crippen LogP contribution in [-0.4, -0.2) is 19.1 Å². The second-order valence-corrected chi connectivity index (χ2v) is 2.73. The number of aryl methyl sites for hydroxylation is 1. The molecule has 2 aromatic rings. The van der Waals surface area contributed by atoms with E-state index in [0.717, 1.165) is 11.4 Å². The van der Waals surface area contributed by atoms with Crippen molar-refractivity contribution in [2.75, 3.05) is 0 Å². The van der Waals surface area contributed by atoms with Crippen molar-refractivity contribution in [1.82, 2.24) is 19.1 Å². The molecule has 2 rings (SSSR count). The van der Waals surface area contributed by atoms with Gasteiger partial charge < -0.3 is 4.57 Å². The Balaban J connectivity index is 0.000000720. The summed E-state index contributed by atoms with van der Waals surface area (Å²) in [5, 5.41) is 9.55. The molecule has 2 aromatic heterocycles. The Kier molecular flexibility index (Phi) is 3.08. The van der Waals surface area contributed by atoms with Crippen LogP contribution in [-0.2, 0) is 27.2 Å². The second kappa shape index (κ2) is 3.89. The molecule has 12 heavy (non-hydrogen) atoms. The zero-order valence-electron chi connectivity index (χ0n) is 6.19. The Morgan fingerprint density at radius 1 is 1.58 bits per heavy atom. The maximum atomic E-state index is 3.91. The summed E-state index contributed by atoms with van der Waals surface area (Å²) in [6, 6.07) is 0. The first-order valence-electron chi connectivity index (χ1n) is 3.04. The molecule has 4 nitrogen and oxygen atoms in total. The van der Waals surface area contributed by atoms with E-state index in [1.807, 2.05) is 17.0 Å². The largest absolute Gasteiger partial charge is 0.370 e. The van der Waals surface area contributed by atoms with Crippen LogP contribution < -0.4 is 0 Å². The molecular formula is C6H5IrN4S-. The topological polar surface area (TPSA) is 43.6 Å². The van der Waals surface area contributed by atoms with E-state index in [-0.39, 0.29) is 20.1 Å². The van der Waals surface area contributed by atoms with Crippen LogP contribution in [0, 0.1) is 6.20 Å². The van der Waals surface area contributed by atoms with Gasteiger partial charge in [0.25, 0.3) is 0 Å². The summed E-state index contributed by atoms with van der Waals surface area (Å²) in [5.74, 6) is 0.804. The minimum absolute atomic E-state index is 0. The summed E-state index contributed by atoms with van der Waals surface area (Å²) < 4.78 is 5.69. The number of aromatic nitrogens is 4. The van der Waals surface area contributed by atoms with Crippen LogP contribution in [0.2, 0.25) is 0 Å². The van der Waals surface area contributed by atoms with Crippen molar-refractivity contribution in [3.8, 4) is 11.4 Å². The Labute approximate surface area is 87.2 Å². The number of hydrogen-bond acceptors (Lipinski definition) is 4. The Morgan fingerprint density at radius 3 is 2.92 bits per heavy atom. The zero-order valence-corrected chi connectivity index (χ0v) is 9.40. The maximum Gasteiger partial charge on any atom is 0.107 e. The molecule has 0 saturated carbocycles. The predicted molar refractivity (Wildman–Crippen MR) is 40.9 cm³/mol. The SMILES string of the molecule is Cn1cnnc1-c1[c-]nsc1.[Ir]. The quantitative estimate of drug-likeness (QED) is 0.707. The van der Waals surface area contributed by atoms with Crippen molar-refractivity contribution >= 4 is 11.5 Å². The summed E-state index contributed by atoms with van der Waals surface area (Å²) >= 11 is 1.36. The Morgan fingerprint density at radius 2 is 2.42 bits per heavy atom. The third-order valence-electron chi connectivity index (χ3n) is 1.34. The van der Waals surface area contributed by atoms with Gasteiger partial charge in [0, 0.05) is 27.2 Å². The second-order valence-electron chi connectivity index (χ2n) is 2.11. The van der Waals surface area contributed by atoms with Crippen LogP contribution >= 0.6 is 11.5 Å².